The zero-order valence-electron chi connectivity index (χ0n) is 32.6. The van der Waals surface area contributed by atoms with E-state index in [9.17, 15) is 19.2 Å². The molecule has 4 amide bonds. The summed E-state index contributed by atoms with van der Waals surface area (Å²) >= 11 is 0. The molecular formula is C38H58BN12O6. The Bertz CT molecular complexity index is 1510. The number of nitrogens with zero attached hydrogens (tertiary/aromatic N) is 4. The van der Waals surface area contributed by atoms with Crippen molar-refractivity contribution in [1.29, 1.82) is 0 Å². The standard InChI is InChI=1S/C38H58BN12O6/c40-35(41)48-21-7-11-29(50-33(54)37(15-1-2-16-37)31(52)46-23-13-27-9-5-19-44-25-27)56-39-57-30(12-8-22-49-36(42)43)51-34(55)38(17-3-4-18-38)32(53)47-24-14-28-10-6-20-45-26-28/h5-6,9-10,19-20,25-26,29-30H,1-4,7-8,11-18,21-24H2,(H,46,52)(H,47,53)(H,50,54)(H,51,55)(H4,40,41,48)(H4,42,43,49). The van der Waals surface area contributed by atoms with E-state index in [1.807, 2.05) is 24.3 Å². The molecule has 309 valence electrons. The molecule has 57 heavy (non-hydrogen) atoms. The summed E-state index contributed by atoms with van der Waals surface area (Å²) in [6.45, 7) is 1.25. The second-order valence-corrected chi connectivity index (χ2v) is 14.5. The normalized spacial score (nSPS) is 16.4. The maximum absolute atomic E-state index is 14.0. The van der Waals surface area contributed by atoms with Crippen LogP contribution >= 0.6 is 0 Å². The summed E-state index contributed by atoms with van der Waals surface area (Å²) in [6, 6.07) is 7.52. The van der Waals surface area contributed by atoms with Crippen LogP contribution in [0.2, 0.25) is 0 Å². The maximum Gasteiger partial charge on any atom is 0.491 e. The van der Waals surface area contributed by atoms with Gasteiger partial charge in [0.05, 0.1) is 0 Å². The molecule has 2 aromatic rings. The van der Waals surface area contributed by atoms with Gasteiger partial charge in [-0.25, -0.2) is 0 Å². The molecule has 2 atom stereocenters. The molecular weight excluding hydrogens is 731 g/mol. The monoisotopic (exact) mass is 789 g/mol. The van der Waals surface area contributed by atoms with E-state index in [4.69, 9.17) is 32.2 Å². The van der Waals surface area contributed by atoms with Crippen LogP contribution in [0.3, 0.4) is 0 Å². The molecule has 0 aromatic carbocycles. The predicted molar refractivity (Wildman–Crippen MR) is 215 cm³/mol. The molecule has 2 aliphatic carbocycles. The molecule has 2 aliphatic rings. The van der Waals surface area contributed by atoms with E-state index in [-0.39, 0.29) is 49.7 Å². The van der Waals surface area contributed by atoms with Crippen molar-refractivity contribution in [3.63, 3.8) is 0 Å². The molecule has 2 unspecified atom stereocenters. The Balaban J connectivity index is 1.40. The summed E-state index contributed by atoms with van der Waals surface area (Å²) in [7, 11) is 1.06. The highest BCUT2D eigenvalue weighted by Gasteiger charge is 2.49. The average molecular weight is 790 g/mol. The minimum absolute atomic E-state index is 0.0687. The molecule has 18 nitrogen and oxygen atoms in total. The van der Waals surface area contributed by atoms with Gasteiger partial charge in [0.25, 0.3) is 0 Å². The van der Waals surface area contributed by atoms with Crippen molar-refractivity contribution in [1.82, 2.24) is 31.2 Å². The molecule has 0 spiro atoms. The maximum atomic E-state index is 14.0. The summed E-state index contributed by atoms with van der Waals surface area (Å²) in [5, 5.41) is 11.7. The number of aliphatic imine (C=N–C) groups is 2. The third-order valence-electron chi connectivity index (χ3n) is 10.4. The summed E-state index contributed by atoms with van der Waals surface area (Å²) in [6.07, 6.45) is 12.0. The van der Waals surface area contributed by atoms with E-state index in [2.05, 4.69) is 41.2 Å². The van der Waals surface area contributed by atoms with Gasteiger partial charge in [0, 0.05) is 51.0 Å². The van der Waals surface area contributed by atoms with Gasteiger partial charge in [-0.1, -0.05) is 37.8 Å². The first-order valence-electron chi connectivity index (χ1n) is 19.7. The lowest BCUT2D eigenvalue weighted by atomic mass is 9.83. The Hall–Kier alpha value is -5.30. The highest BCUT2D eigenvalue weighted by Crippen LogP contribution is 2.40. The largest absolute Gasteiger partial charge is 0.491 e. The highest BCUT2D eigenvalue weighted by molar-refractivity contribution is 6.18. The Morgan fingerprint density at radius 3 is 1.42 bits per heavy atom. The van der Waals surface area contributed by atoms with E-state index >= 15 is 0 Å². The van der Waals surface area contributed by atoms with Gasteiger partial charge >= 0.3 is 7.69 Å². The third kappa shape index (κ3) is 14.0. The van der Waals surface area contributed by atoms with E-state index in [0.29, 0.717) is 64.5 Å². The molecule has 2 fully saturated rings. The number of rotatable bonds is 24. The quantitative estimate of drug-likeness (QED) is 0.0177. The first-order chi connectivity index (χ1) is 27.5. The van der Waals surface area contributed by atoms with Gasteiger partial charge in [-0.3, -0.25) is 39.1 Å². The minimum atomic E-state index is -1.27. The van der Waals surface area contributed by atoms with Crippen LogP contribution < -0.4 is 44.2 Å². The van der Waals surface area contributed by atoms with Crippen molar-refractivity contribution < 1.29 is 28.5 Å². The number of nitrogens with one attached hydrogen (secondary N) is 4. The lowest BCUT2D eigenvalue weighted by Gasteiger charge is -2.31. The van der Waals surface area contributed by atoms with Crippen LogP contribution in [0.15, 0.2) is 59.0 Å². The van der Waals surface area contributed by atoms with Crippen LogP contribution in [-0.4, -0.2) is 91.8 Å². The first kappa shape index (κ1) is 44.4. The van der Waals surface area contributed by atoms with Gasteiger partial charge in [-0.2, -0.15) is 0 Å². The molecule has 2 saturated carbocycles. The van der Waals surface area contributed by atoms with Crippen LogP contribution in [0, 0.1) is 10.8 Å². The van der Waals surface area contributed by atoms with Gasteiger partial charge in [0.1, 0.15) is 23.3 Å². The molecule has 12 N–H and O–H groups in total. The number of hydrogen-bond donors (Lipinski definition) is 8. The van der Waals surface area contributed by atoms with Crippen LogP contribution in [0.5, 0.6) is 0 Å². The van der Waals surface area contributed by atoms with E-state index < -0.39 is 35.1 Å². The van der Waals surface area contributed by atoms with E-state index in [0.717, 1.165) is 44.5 Å². The number of nitrogens with two attached hydrogens (primary N) is 4. The highest BCUT2D eigenvalue weighted by atomic mass is 16.6. The van der Waals surface area contributed by atoms with E-state index in [1.54, 1.807) is 24.8 Å². The molecule has 4 rings (SSSR count). The molecule has 2 aromatic heterocycles. The molecule has 0 aliphatic heterocycles. The fourth-order valence-corrected chi connectivity index (χ4v) is 7.20. The van der Waals surface area contributed by atoms with Crippen molar-refractivity contribution in [3.05, 3.63) is 60.2 Å². The van der Waals surface area contributed by atoms with Crippen LogP contribution in [0.1, 0.15) is 88.2 Å². The van der Waals surface area contributed by atoms with Gasteiger partial charge in [0.15, 0.2) is 11.9 Å². The summed E-state index contributed by atoms with van der Waals surface area (Å²) in [5.41, 5.74) is 21.4. The summed E-state index contributed by atoms with van der Waals surface area (Å²) < 4.78 is 11.9. The summed E-state index contributed by atoms with van der Waals surface area (Å²) in [4.78, 5) is 71.4. The lowest BCUT2D eigenvalue weighted by Crippen LogP contribution is -2.54. The Morgan fingerprint density at radius 2 is 1.07 bits per heavy atom. The number of aromatic nitrogens is 2. The fraction of sp³-hybridized carbons (Fsp3) is 0.579. The average Bonchev–Trinajstić information content (AvgIpc) is 3.91. The summed E-state index contributed by atoms with van der Waals surface area (Å²) in [5.74, 6) is -1.74. The van der Waals surface area contributed by atoms with Crippen LogP contribution in [0.4, 0.5) is 0 Å². The van der Waals surface area contributed by atoms with Crippen molar-refractivity contribution in [2.24, 2.45) is 43.7 Å². The van der Waals surface area contributed by atoms with Gasteiger partial charge in [-0.05, 0) is 87.5 Å². The molecule has 1 radical (unpaired) electrons. The van der Waals surface area contributed by atoms with Crippen LogP contribution in [0.25, 0.3) is 0 Å². The number of carbonyl (C=O) groups is 4. The Morgan fingerprint density at radius 1 is 0.667 bits per heavy atom. The van der Waals surface area contributed by atoms with Gasteiger partial charge in [0.2, 0.25) is 23.6 Å². The number of pyridine rings is 2. The lowest BCUT2D eigenvalue weighted by molar-refractivity contribution is -0.146. The Kier molecular flexibility index (Phi) is 18.0. The number of carbonyl (C=O) groups excluding carboxylic acids is 4. The third-order valence-corrected chi connectivity index (χ3v) is 10.4. The van der Waals surface area contributed by atoms with E-state index in [1.165, 1.54) is 0 Å². The second kappa shape index (κ2) is 23.1. The van der Waals surface area contributed by atoms with Crippen LogP contribution in [-0.2, 0) is 41.3 Å². The number of amides is 4. The fourth-order valence-electron chi connectivity index (χ4n) is 7.20. The smallest absolute Gasteiger partial charge is 0.393 e. The SMILES string of the molecule is NC(N)=NCCCC(NC(=O)C1(C(=O)NCCc2cccnc2)CCCC1)O[B]OC(CCCN=C(N)N)NC(=O)C1(C(=O)NCCc2cccnc2)CCCC1. The molecule has 0 bridgehead atoms. The van der Waals surface area contributed by atoms with Gasteiger partial charge < -0.3 is 53.5 Å². The minimum Gasteiger partial charge on any atom is -0.393 e. The second-order valence-electron chi connectivity index (χ2n) is 14.5. The van der Waals surface area contributed by atoms with Crippen molar-refractivity contribution >= 4 is 43.2 Å². The first-order valence-corrected chi connectivity index (χ1v) is 19.7. The zero-order valence-corrected chi connectivity index (χ0v) is 32.6. The molecule has 0 saturated heterocycles. The van der Waals surface area contributed by atoms with Crippen molar-refractivity contribution in [2.45, 2.75) is 102 Å². The van der Waals surface area contributed by atoms with Crippen molar-refractivity contribution in [2.75, 3.05) is 26.2 Å². The molecule has 19 heteroatoms. The Labute approximate surface area is 334 Å². The predicted octanol–water partition coefficient (Wildman–Crippen LogP) is 0.174. The topological polar surface area (TPSA) is 289 Å². The van der Waals surface area contributed by atoms with Crippen molar-refractivity contribution in [3.8, 4) is 0 Å². The number of hydrogen-bond acceptors (Lipinski definition) is 10. The molecule has 2 heterocycles. The zero-order chi connectivity index (χ0) is 40.9. The van der Waals surface area contributed by atoms with Gasteiger partial charge in [-0.15, -0.1) is 0 Å². The number of guanidine groups is 2.